The Kier molecular flexibility index (Phi) is 5.22. The number of carbonyl (C=O) groups excluding carboxylic acids is 1. The van der Waals surface area contributed by atoms with Crippen LogP contribution >= 0.6 is 0 Å². The second-order valence-electron chi connectivity index (χ2n) is 8.76. The van der Waals surface area contributed by atoms with E-state index in [9.17, 15) is 13.6 Å². The van der Waals surface area contributed by atoms with Crippen LogP contribution in [0.3, 0.4) is 0 Å². The van der Waals surface area contributed by atoms with Gasteiger partial charge in [-0.1, -0.05) is 6.92 Å². The van der Waals surface area contributed by atoms with Gasteiger partial charge in [-0.05, 0) is 37.0 Å². The summed E-state index contributed by atoms with van der Waals surface area (Å²) in [7, 11) is 0. The standard InChI is InChI=1S/C23H25F2N7O/c1-3-13(2)30-22-28-11-17-16(10-26-20(17)31-22)15-4-5-32-19(6-15)18(12-29-32)21(33)27-9-14-7-23(24,25)8-14/h4-6,10-14H,3,7-9H2,1-2H3,(H,27,33)(H2,26,28,30,31)/t13-/m0/s1. The zero-order chi connectivity index (χ0) is 23.2. The van der Waals surface area contributed by atoms with E-state index in [4.69, 9.17) is 0 Å². The number of aromatic nitrogens is 5. The number of anilines is 1. The van der Waals surface area contributed by atoms with Gasteiger partial charge < -0.3 is 15.6 Å². The maximum Gasteiger partial charge on any atom is 0.255 e. The van der Waals surface area contributed by atoms with Gasteiger partial charge in [-0.2, -0.15) is 10.1 Å². The third kappa shape index (κ3) is 4.12. The molecule has 4 heterocycles. The fourth-order valence-electron chi connectivity index (χ4n) is 4.12. The Morgan fingerprint density at radius 1 is 1.36 bits per heavy atom. The molecule has 0 radical (unpaired) electrons. The summed E-state index contributed by atoms with van der Waals surface area (Å²) < 4.78 is 27.7. The number of H-pyrrole nitrogens is 1. The molecule has 10 heteroatoms. The number of nitrogens with zero attached hydrogens (tertiary/aromatic N) is 4. The van der Waals surface area contributed by atoms with Gasteiger partial charge in [0.05, 0.1) is 17.3 Å². The number of pyridine rings is 1. The highest BCUT2D eigenvalue weighted by Crippen LogP contribution is 2.41. The molecule has 1 amide bonds. The Morgan fingerprint density at radius 3 is 2.94 bits per heavy atom. The van der Waals surface area contributed by atoms with E-state index in [-0.39, 0.29) is 37.3 Å². The van der Waals surface area contributed by atoms with E-state index >= 15 is 0 Å². The summed E-state index contributed by atoms with van der Waals surface area (Å²) in [6, 6.07) is 4.06. The minimum Gasteiger partial charge on any atom is -0.352 e. The molecule has 0 aliphatic heterocycles. The van der Waals surface area contributed by atoms with Crippen molar-refractivity contribution in [3.05, 3.63) is 42.5 Å². The van der Waals surface area contributed by atoms with Crippen molar-refractivity contribution in [2.75, 3.05) is 11.9 Å². The molecule has 172 valence electrons. The van der Waals surface area contributed by atoms with Crippen molar-refractivity contribution in [3.63, 3.8) is 0 Å². The van der Waals surface area contributed by atoms with Gasteiger partial charge in [0.2, 0.25) is 11.9 Å². The monoisotopic (exact) mass is 453 g/mol. The number of rotatable bonds is 7. The van der Waals surface area contributed by atoms with Crippen LogP contribution in [0.25, 0.3) is 27.7 Å². The van der Waals surface area contributed by atoms with Crippen LogP contribution in [0.2, 0.25) is 0 Å². The zero-order valence-corrected chi connectivity index (χ0v) is 18.4. The molecule has 4 aromatic rings. The van der Waals surface area contributed by atoms with Crippen molar-refractivity contribution in [1.29, 1.82) is 0 Å². The molecule has 0 unspecified atom stereocenters. The number of carbonyl (C=O) groups is 1. The predicted octanol–water partition coefficient (Wildman–Crippen LogP) is 4.26. The largest absolute Gasteiger partial charge is 0.352 e. The zero-order valence-electron chi connectivity index (χ0n) is 18.4. The Bertz CT molecular complexity index is 1320. The molecule has 33 heavy (non-hydrogen) atoms. The molecule has 0 saturated heterocycles. The maximum absolute atomic E-state index is 13.0. The number of halogens is 2. The number of fused-ring (bicyclic) bond motifs is 2. The first-order chi connectivity index (χ1) is 15.8. The van der Waals surface area contributed by atoms with Crippen LogP contribution in [-0.2, 0) is 0 Å². The Balaban J connectivity index is 1.39. The Morgan fingerprint density at radius 2 is 2.18 bits per heavy atom. The van der Waals surface area contributed by atoms with Crippen molar-refractivity contribution in [1.82, 2.24) is 29.9 Å². The van der Waals surface area contributed by atoms with Crippen molar-refractivity contribution in [3.8, 4) is 11.1 Å². The minimum atomic E-state index is -2.59. The molecular formula is C23H25F2N7O. The van der Waals surface area contributed by atoms with Gasteiger partial charge in [-0.25, -0.2) is 18.3 Å². The predicted molar refractivity (Wildman–Crippen MR) is 121 cm³/mol. The first kappa shape index (κ1) is 21.3. The van der Waals surface area contributed by atoms with Crippen molar-refractivity contribution in [2.45, 2.75) is 45.1 Å². The van der Waals surface area contributed by atoms with Gasteiger partial charge >= 0.3 is 0 Å². The number of nitrogens with one attached hydrogen (secondary N) is 3. The molecule has 1 fully saturated rings. The summed E-state index contributed by atoms with van der Waals surface area (Å²) in [4.78, 5) is 24.9. The minimum absolute atomic E-state index is 0.177. The summed E-state index contributed by atoms with van der Waals surface area (Å²) in [5.74, 6) is -2.53. The van der Waals surface area contributed by atoms with E-state index in [2.05, 4.69) is 44.5 Å². The molecule has 5 rings (SSSR count). The summed E-state index contributed by atoms with van der Waals surface area (Å²) in [6.45, 7) is 4.40. The molecule has 0 bridgehead atoms. The van der Waals surface area contributed by atoms with Gasteiger partial charge in [0.1, 0.15) is 5.65 Å². The van der Waals surface area contributed by atoms with Crippen molar-refractivity contribution >= 4 is 28.4 Å². The lowest BCUT2D eigenvalue weighted by molar-refractivity contribution is -0.108. The number of amides is 1. The maximum atomic E-state index is 13.0. The highest BCUT2D eigenvalue weighted by Gasteiger charge is 2.45. The molecule has 1 aliphatic rings. The number of hydrogen-bond donors (Lipinski definition) is 3. The topological polar surface area (TPSA) is 100 Å². The molecule has 0 aromatic carbocycles. The van der Waals surface area contributed by atoms with E-state index in [1.165, 1.54) is 6.20 Å². The smallest absolute Gasteiger partial charge is 0.255 e. The summed E-state index contributed by atoms with van der Waals surface area (Å²) in [6.07, 6.45) is 7.53. The number of hydrogen-bond acceptors (Lipinski definition) is 5. The van der Waals surface area contributed by atoms with E-state index in [1.807, 2.05) is 18.3 Å². The third-order valence-electron chi connectivity index (χ3n) is 6.22. The second-order valence-corrected chi connectivity index (χ2v) is 8.76. The molecule has 1 atom stereocenters. The molecule has 0 spiro atoms. The average molecular weight is 453 g/mol. The van der Waals surface area contributed by atoms with Gasteiger partial charge in [-0.15, -0.1) is 0 Å². The van der Waals surface area contributed by atoms with Crippen LogP contribution in [0, 0.1) is 5.92 Å². The lowest BCUT2D eigenvalue weighted by Crippen LogP contribution is -2.42. The highest BCUT2D eigenvalue weighted by atomic mass is 19.3. The quantitative estimate of drug-likeness (QED) is 0.388. The van der Waals surface area contributed by atoms with Crippen LogP contribution in [0.5, 0.6) is 0 Å². The van der Waals surface area contributed by atoms with Gasteiger partial charge in [-0.3, -0.25) is 4.79 Å². The summed E-state index contributed by atoms with van der Waals surface area (Å²) in [5.41, 5.74) is 3.54. The number of alkyl halides is 2. The van der Waals surface area contributed by atoms with E-state index in [1.54, 1.807) is 16.9 Å². The van der Waals surface area contributed by atoms with Crippen LogP contribution in [0.1, 0.15) is 43.5 Å². The highest BCUT2D eigenvalue weighted by molar-refractivity contribution is 6.02. The van der Waals surface area contributed by atoms with Crippen LogP contribution < -0.4 is 10.6 Å². The van der Waals surface area contributed by atoms with E-state index < -0.39 is 5.92 Å². The first-order valence-electron chi connectivity index (χ1n) is 11.1. The van der Waals surface area contributed by atoms with Gasteiger partial charge in [0, 0.05) is 55.0 Å². The lowest BCUT2D eigenvalue weighted by atomic mass is 9.81. The van der Waals surface area contributed by atoms with Crippen molar-refractivity contribution in [2.24, 2.45) is 5.92 Å². The second kappa shape index (κ2) is 8.09. The van der Waals surface area contributed by atoms with Gasteiger partial charge in [0.25, 0.3) is 5.91 Å². The molecule has 4 aromatic heterocycles. The third-order valence-corrected chi connectivity index (χ3v) is 6.22. The molecule has 1 saturated carbocycles. The Hall–Kier alpha value is -3.56. The molecule has 1 aliphatic carbocycles. The molecule has 8 nitrogen and oxygen atoms in total. The van der Waals surface area contributed by atoms with E-state index in [0.717, 1.165) is 28.6 Å². The van der Waals surface area contributed by atoms with E-state index in [0.29, 0.717) is 17.0 Å². The molecule has 3 N–H and O–H groups in total. The van der Waals surface area contributed by atoms with Gasteiger partial charge in [0.15, 0.2) is 0 Å². The fourth-order valence-corrected chi connectivity index (χ4v) is 4.12. The summed E-state index contributed by atoms with van der Waals surface area (Å²) >= 11 is 0. The van der Waals surface area contributed by atoms with Crippen LogP contribution in [0.15, 0.2) is 36.9 Å². The number of aromatic amines is 1. The SMILES string of the molecule is CC[C@H](C)Nc1ncc2c(-c3ccn4ncc(C(=O)NCC5CC(F)(F)C5)c4c3)c[nH]c2n1. The van der Waals surface area contributed by atoms with Crippen LogP contribution in [0.4, 0.5) is 14.7 Å². The normalized spacial score (nSPS) is 16.6. The van der Waals surface area contributed by atoms with Crippen molar-refractivity contribution < 1.29 is 13.6 Å². The Labute approximate surface area is 188 Å². The fraction of sp³-hybridized carbons (Fsp3) is 0.391. The first-order valence-corrected chi connectivity index (χ1v) is 11.1. The average Bonchev–Trinajstić information content (AvgIpc) is 3.39. The lowest BCUT2D eigenvalue weighted by Gasteiger charge is -2.34. The van der Waals surface area contributed by atoms with Crippen LogP contribution in [-0.4, -0.2) is 49.0 Å². The molecular weight excluding hydrogens is 428 g/mol. The summed E-state index contributed by atoms with van der Waals surface area (Å²) in [5, 5.41) is 11.2.